The van der Waals surface area contributed by atoms with Gasteiger partial charge in [-0.3, -0.25) is 4.79 Å². The van der Waals surface area contributed by atoms with Crippen molar-refractivity contribution in [3.8, 4) is 0 Å². The number of esters is 1. The Morgan fingerprint density at radius 1 is 1.69 bits per heavy atom. The van der Waals surface area contributed by atoms with E-state index in [1.165, 1.54) is 6.92 Å². The minimum Gasteiger partial charge on any atom is -0.465 e. The molecule has 0 saturated heterocycles. The Bertz CT molecular complexity index is 404. The number of imidazole rings is 1. The zero-order valence-corrected chi connectivity index (χ0v) is 9.67. The second kappa shape index (κ2) is 5.50. The summed E-state index contributed by atoms with van der Waals surface area (Å²) in [6.07, 6.45) is 0. The Labute approximate surface area is 95.7 Å². The predicted molar refractivity (Wildman–Crippen MR) is 57.3 cm³/mol. The smallest absolute Gasteiger partial charge is 0.344 e. The van der Waals surface area contributed by atoms with Crippen molar-refractivity contribution in [2.75, 3.05) is 12.4 Å². The van der Waals surface area contributed by atoms with Gasteiger partial charge >= 0.3 is 11.8 Å². The maximum Gasteiger partial charge on any atom is 0.344 e. The van der Waals surface area contributed by atoms with E-state index in [0.29, 0.717) is 17.5 Å². The number of aromatic amines is 1. The highest BCUT2D eigenvalue weighted by Crippen LogP contribution is 2.21. The monoisotopic (exact) mass is 245 g/mol. The van der Waals surface area contributed by atoms with Crippen LogP contribution in [0.4, 0.5) is 5.82 Å². The number of hydrogen-bond donors (Lipinski definition) is 1. The quantitative estimate of drug-likeness (QED) is 0.363. The Hall–Kier alpha value is -1.57. The van der Waals surface area contributed by atoms with E-state index in [0.717, 1.165) is 11.8 Å². The highest BCUT2D eigenvalue weighted by Gasteiger charge is 2.17. The first-order valence-corrected chi connectivity index (χ1v) is 5.52. The van der Waals surface area contributed by atoms with Gasteiger partial charge in [0, 0.05) is 0 Å². The summed E-state index contributed by atoms with van der Waals surface area (Å²) < 4.78 is 4.71. The third-order valence-electron chi connectivity index (χ3n) is 1.65. The molecule has 88 valence electrons. The third-order valence-corrected chi connectivity index (χ3v) is 2.50. The second-order valence-corrected chi connectivity index (χ2v) is 3.79. The van der Waals surface area contributed by atoms with Crippen LogP contribution in [-0.4, -0.2) is 33.2 Å². The standard InChI is InChI=1S/C8H11N3O4S/c1-3-15-6(12)4-16-8-9-5(2)7(10-8)11(13)14/h3-4H2,1-2H3,(H,9,10). The van der Waals surface area contributed by atoms with Gasteiger partial charge in [0.2, 0.25) is 0 Å². The van der Waals surface area contributed by atoms with E-state index in [1.807, 2.05) is 0 Å². The number of H-pyrrole nitrogens is 1. The van der Waals surface area contributed by atoms with Crippen molar-refractivity contribution >= 4 is 23.5 Å². The molecule has 0 aliphatic heterocycles. The van der Waals surface area contributed by atoms with Crippen LogP contribution < -0.4 is 0 Å². The average Bonchev–Trinajstić information content (AvgIpc) is 2.57. The zero-order chi connectivity index (χ0) is 12.1. The second-order valence-electron chi connectivity index (χ2n) is 2.83. The summed E-state index contributed by atoms with van der Waals surface area (Å²) in [5.41, 5.74) is 0.302. The molecule has 0 radical (unpaired) electrons. The van der Waals surface area contributed by atoms with Gasteiger partial charge in [-0.2, -0.15) is 4.98 Å². The largest absolute Gasteiger partial charge is 0.465 e. The summed E-state index contributed by atoms with van der Waals surface area (Å²) in [5.74, 6) is -0.437. The summed E-state index contributed by atoms with van der Waals surface area (Å²) in [7, 11) is 0. The molecule has 0 bridgehead atoms. The number of thioether (sulfide) groups is 1. The number of hydrogen-bond acceptors (Lipinski definition) is 6. The van der Waals surface area contributed by atoms with Gasteiger partial charge in [-0.05, 0) is 18.8 Å². The number of aromatic nitrogens is 2. The van der Waals surface area contributed by atoms with Crippen molar-refractivity contribution in [1.29, 1.82) is 0 Å². The fourth-order valence-electron chi connectivity index (χ4n) is 1.00. The summed E-state index contributed by atoms with van der Waals surface area (Å²) in [6.45, 7) is 3.56. The van der Waals surface area contributed by atoms with Gasteiger partial charge < -0.3 is 14.9 Å². The molecule has 1 N–H and O–H groups in total. The molecule has 16 heavy (non-hydrogen) atoms. The van der Waals surface area contributed by atoms with E-state index in [9.17, 15) is 14.9 Å². The van der Waals surface area contributed by atoms with Crippen LogP contribution in [0.3, 0.4) is 0 Å². The van der Waals surface area contributed by atoms with E-state index >= 15 is 0 Å². The minimum absolute atomic E-state index is 0.0813. The van der Waals surface area contributed by atoms with Gasteiger partial charge in [0.1, 0.15) is 11.4 Å². The molecule has 0 amide bonds. The van der Waals surface area contributed by atoms with Gasteiger partial charge in [0.15, 0.2) is 0 Å². The summed E-state index contributed by atoms with van der Waals surface area (Å²) in [5, 5.41) is 10.9. The number of nitrogens with zero attached hydrogens (tertiary/aromatic N) is 2. The molecule has 0 aliphatic carbocycles. The van der Waals surface area contributed by atoms with E-state index in [2.05, 4.69) is 9.97 Å². The van der Waals surface area contributed by atoms with Crippen molar-refractivity contribution in [3.63, 3.8) is 0 Å². The average molecular weight is 245 g/mol. The summed E-state index contributed by atoms with van der Waals surface area (Å²) in [6, 6.07) is 0. The first-order valence-electron chi connectivity index (χ1n) is 4.54. The van der Waals surface area contributed by atoms with Gasteiger partial charge in [0.25, 0.3) is 5.16 Å². The lowest BCUT2D eigenvalue weighted by Crippen LogP contribution is -2.06. The van der Waals surface area contributed by atoms with Crippen LogP contribution in [0, 0.1) is 17.0 Å². The summed E-state index contributed by atoms with van der Waals surface area (Å²) in [4.78, 5) is 27.4. The van der Waals surface area contributed by atoms with Crippen molar-refractivity contribution in [2.45, 2.75) is 19.0 Å². The first-order chi connectivity index (χ1) is 7.54. The predicted octanol–water partition coefficient (Wildman–Crippen LogP) is 1.28. The molecule has 1 aromatic rings. The Morgan fingerprint density at radius 3 is 2.88 bits per heavy atom. The lowest BCUT2D eigenvalue weighted by Gasteiger charge is -1.97. The van der Waals surface area contributed by atoms with Crippen molar-refractivity contribution < 1.29 is 14.5 Å². The van der Waals surface area contributed by atoms with Crippen LogP contribution in [0.15, 0.2) is 5.16 Å². The molecular weight excluding hydrogens is 234 g/mol. The van der Waals surface area contributed by atoms with E-state index in [-0.39, 0.29) is 17.5 Å². The molecule has 7 nitrogen and oxygen atoms in total. The van der Waals surface area contributed by atoms with Gasteiger partial charge in [-0.25, -0.2) is 4.98 Å². The summed E-state index contributed by atoms with van der Waals surface area (Å²) >= 11 is 1.08. The van der Waals surface area contributed by atoms with Gasteiger partial charge in [0.05, 0.1) is 6.61 Å². The first kappa shape index (κ1) is 12.5. The highest BCUT2D eigenvalue weighted by molar-refractivity contribution is 7.99. The molecule has 0 atom stereocenters. The maximum atomic E-state index is 11.0. The molecule has 1 aromatic heterocycles. The number of carbonyl (C=O) groups excluding carboxylic acids is 1. The zero-order valence-electron chi connectivity index (χ0n) is 8.85. The fraction of sp³-hybridized carbons (Fsp3) is 0.500. The van der Waals surface area contributed by atoms with Crippen LogP contribution in [-0.2, 0) is 9.53 Å². The fourth-order valence-corrected chi connectivity index (χ4v) is 1.71. The molecule has 0 unspecified atom stereocenters. The van der Waals surface area contributed by atoms with Crippen LogP contribution in [0.25, 0.3) is 0 Å². The number of nitrogens with one attached hydrogen (secondary N) is 1. The number of ether oxygens (including phenoxy) is 1. The Morgan fingerprint density at radius 2 is 2.38 bits per heavy atom. The molecule has 0 fully saturated rings. The topological polar surface area (TPSA) is 98.1 Å². The van der Waals surface area contributed by atoms with Crippen LogP contribution in [0.1, 0.15) is 12.6 Å². The van der Waals surface area contributed by atoms with Crippen LogP contribution >= 0.6 is 11.8 Å². The lowest BCUT2D eigenvalue weighted by atomic mass is 10.5. The molecule has 1 rings (SSSR count). The SMILES string of the molecule is CCOC(=O)CSc1nc(C)c([N+](=O)[O-])[nH]1. The van der Waals surface area contributed by atoms with Crippen molar-refractivity contribution in [2.24, 2.45) is 0 Å². The van der Waals surface area contributed by atoms with E-state index in [4.69, 9.17) is 4.74 Å². The maximum absolute atomic E-state index is 11.0. The van der Waals surface area contributed by atoms with E-state index < -0.39 is 4.92 Å². The minimum atomic E-state index is -0.545. The van der Waals surface area contributed by atoms with Gasteiger partial charge in [-0.15, -0.1) is 0 Å². The van der Waals surface area contributed by atoms with Gasteiger partial charge in [-0.1, -0.05) is 11.8 Å². The molecule has 8 heteroatoms. The number of nitro groups is 1. The van der Waals surface area contributed by atoms with Crippen LogP contribution in [0.5, 0.6) is 0 Å². The normalized spacial score (nSPS) is 10.1. The van der Waals surface area contributed by atoms with Crippen LogP contribution in [0.2, 0.25) is 0 Å². The number of carbonyl (C=O) groups is 1. The van der Waals surface area contributed by atoms with Crippen molar-refractivity contribution in [3.05, 3.63) is 15.8 Å². The lowest BCUT2D eigenvalue weighted by molar-refractivity contribution is -0.390. The highest BCUT2D eigenvalue weighted by atomic mass is 32.2. The number of rotatable bonds is 5. The molecule has 0 saturated carbocycles. The van der Waals surface area contributed by atoms with E-state index in [1.54, 1.807) is 6.92 Å². The molecule has 0 spiro atoms. The Kier molecular flexibility index (Phi) is 4.29. The molecule has 0 aromatic carbocycles. The molecule has 1 heterocycles. The third kappa shape index (κ3) is 3.23. The Balaban J connectivity index is 2.58. The molecular formula is C8H11N3O4S. The number of aryl methyl sites for hydroxylation is 1. The van der Waals surface area contributed by atoms with Crippen molar-refractivity contribution in [1.82, 2.24) is 9.97 Å². The molecule has 0 aliphatic rings.